The van der Waals surface area contributed by atoms with Gasteiger partial charge in [-0.2, -0.15) is 17.2 Å². The van der Waals surface area contributed by atoms with Crippen molar-refractivity contribution >= 4 is 100 Å². The molecular weight excluding hydrogens is 1370 g/mol. The van der Waals surface area contributed by atoms with Crippen LogP contribution in [0.5, 0.6) is 23.0 Å². The number of nitrogens with two attached hydrogens (primary N) is 1. The van der Waals surface area contributed by atoms with Crippen LogP contribution in [0, 0.1) is 40.7 Å². The van der Waals surface area contributed by atoms with Crippen molar-refractivity contribution in [2.75, 3.05) is 20.0 Å². The van der Waals surface area contributed by atoms with Crippen molar-refractivity contribution in [1.82, 2.24) is 39.9 Å². The molecule has 1 radical (unpaired) electrons. The van der Waals surface area contributed by atoms with E-state index in [1.807, 2.05) is 0 Å². The third-order valence-electron chi connectivity index (χ3n) is 11.9. The summed E-state index contributed by atoms with van der Waals surface area (Å²) in [5.41, 5.74) is 7.60. The smallest absolute Gasteiger partial charge is 0.537 e. The number of nitrogens with zero attached hydrogens (tertiary/aromatic N) is 8. The molecule has 0 aliphatic carbocycles. The molecule has 0 bridgehead atoms. The van der Waals surface area contributed by atoms with Crippen LogP contribution in [0.25, 0.3) is 55.4 Å². The number of halogens is 10. The van der Waals surface area contributed by atoms with Gasteiger partial charge in [0.05, 0.1) is 46.0 Å². The number of aromatic nitrogens is 8. The van der Waals surface area contributed by atoms with E-state index in [4.69, 9.17) is 53.3 Å². The fraction of sp³-hybridized carbons (Fsp3) is 0.0678. The minimum Gasteiger partial charge on any atom is -0.537 e. The van der Waals surface area contributed by atoms with Crippen LogP contribution < -0.4 is 24.0 Å². The summed E-state index contributed by atoms with van der Waals surface area (Å²) in [7, 11) is -5.37. The maximum atomic E-state index is 15.3. The minimum absolute atomic E-state index is 0.0255. The summed E-state index contributed by atoms with van der Waals surface area (Å²) < 4.78 is 168. The molecule has 20 nitrogen and oxygen atoms in total. The molecule has 0 amide bonds. The molecule has 4 heterocycles. The van der Waals surface area contributed by atoms with Crippen LogP contribution in [0.15, 0.2) is 173 Å². The van der Waals surface area contributed by atoms with Crippen molar-refractivity contribution in [3.63, 3.8) is 0 Å². The van der Waals surface area contributed by atoms with Crippen LogP contribution in [0.2, 0.25) is 10.0 Å². The highest BCUT2D eigenvalue weighted by Crippen LogP contribution is 2.40. The van der Waals surface area contributed by atoms with E-state index in [-0.39, 0.29) is 48.9 Å². The van der Waals surface area contributed by atoms with Gasteiger partial charge in [0, 0.05) is 69.2 Å². The number of fused-ring (bicyclic) bond motifs is 2. The Morgan fingerprint density at radius 1 is 0.587 bits per heavy atom. The number of carbonyl (C=O) groups is 1. The molecule has 0 saturated heterocycles. The molecule has 4 N–H and O–H groups in total. The average molecular weight is 1410 g/mol. The van der Waals surface area contributed by atoms with Gasteiger partial charge >= 0.3 is 17.8 Å². The molecule has 4 aromatic heterocycles. The van der Waals surface area contributed by atoms with E-state index in [1.165, 1.54) is 63.3 Å². The van der Waals surface area contributed by atoms with Gasteiger partial charge in [-0.1, -0.05) is 41.4 Å². The van der Waals surface area contributed by atoms with Crippen LogP contribution in [-0.4, -0.2) is 94.7 Å². The van der Waals surface area contributed by atoms with Crippen molar-refractivity contribution in [3.05, 3.63) is 220 Å². The van der Waals surface area contributed by atoms with E-state index in [2.05, 4.69) is 64.6 Å². The summed E-state index contributed by atoms with van der Waals surface area (Å²) in [5.74, 6) is -14.8. The Kier molecular flexibility index (Phi) is 23.8. The number of benzene rings is 7. The Bertz CT molecular complexity index is 4700. The van der Waals surface area contributed by atoms with Crippen molar-refractivity contribution in [1.29, 1.82) is 0 Å². The van der Waals surface area contributed by atoms with Gasteiger partial charge < -0.3 is 34.2 Å². The van der Waals surface area contributed by atoms with E-state index < -0.39 is 77.3 Å². The number of ether oxygens (including phenoxy) is 2. The summed E-state index contributed by atoms with van der Waals surface area (Å²) in [5, 5.41) is 17.5. The van der Waals surface area contributed by atoms with Gasteiger partial charge in [-0.05, 0) is 125 Å². The summed E-state index contributed by atoms with van der Waals surface area (Å²) in [6.07, 6.45) is 8.52. The largest absolute Gasteiger partial charge is 0.569 e. The van der Waals surface area contributed by atoms with Gasteiger partial charge in [0.25, 0.3) is 5.97 Å². The first kappa shape index (κ1) is 69.8. The quantitative estimate of drug-likeness (QED) is 0.0318. The fourth-order valence-electron chi connectivity index (χ4n) is 7.90. The van der Waals surface area contributed by atoms with Crippen LogP contribution in [-0.2, 0) is 30.5 Å². The number of carboxylic acids is 1. The number of anilines is 1. The molecule has 0 atom stereocenters. The standard InChI is InChI=1S/C26H18ClFN4O3S.C21H9BrF6N2O4S.C6H5BClO2.C4H5N3.C2H4O2/c1-35-24-13-20(16-4-2-5-17(27)10-16)22(28)12-21(24)26-19-7-6-18(11-23(19)31-15-32-26)36(33,34)14-25-29-8-3-9-30-25;1-33-14-6-11(22)12(23)5-10(14)20-9-3-2-8(4-13(9)29-7-30-20)35(31,32)34-21-18(27)16(25)15(24)17(26)19(21)28;8-5-2-1-3-6(4-5)10-7-9;5-4-6-2-1-3-7-4;1-2(3)4/h2-13,15H,14H2,1H3;2-7H,1H3;1-4,9H;1-3H,(H2,5,6,7);1H3,(H,3,4). The third kappa shape index (κ3) is 17.6. The zero-order chi connectivity index (χ0) is 67.0. The van der Waals surface area contributed by atoms with Gasteiger partial charge in [0.2, 0.25) is 40.8 Å². The topological polar surface area (TPSA) is 292 Å². The Balaban J connectivity index is 0.000000198. The number of methoxy groups -OCH3 is 2. The number of nitrogen functional groups attached to an aromatic ring is 1. The van der Waals surface area contributed by atoms with E-state index in [9.17, 15) is 43.2 Å². The Labute approximate surface area is 537 Å². The van der Waals surface area contributed by atoms with Crippen LogP contribution in [0.3, 0.4) is 0 Å². The molecule has 0 saturated carbocycles. The highest BCUT2D eigenvalue weighted by molar-refractivity contribution is 9.10. The predicted molar refractivity (Wildman–Crippen MR) is 328 cm³/mol. The Morgan fingerprint density at radius 3 is 1.59 bits per heavy atom. The normalized spacial score (nSPS) is 10.8. The number of hydrogen-bond donors (Lipinski definition) is 3. The number of carboxylic acid groups (broad SMARTS) is 1. The van der Waals surface area contributed by atoms with Crippen LogP contribution in [0.4, 0.5) is 36.7 Å². The second-order valence-corrected chi connectivity index (χ2v) is 23.2. The van der Waals surface area contributed by atoms with Gasteiger partial charge in [0.1, 0.15) is 58.0 Å². The minimum atomic E-state index is -5.09. The SMILES string of the molecule is CC(=O)O.COc1cc(-c2cccc(Cl)c2)c(F)cc1-c1ncnc2cc(S(=O)(=O)Cc3ncccn3)ccc12.COc1cc(Br)c(F)cc1-c1ncnc2cc(S(=O)(=O)Oc3c(F)c(F)c(F)c(F)c3F)ccc12.Nc1ncccn1.O[B]Oc1cccc(Cl)c1. The van der Waals surface area contributed by atoms with Crippen molar-refractivity contribution in [2.24, 2.45) is 0 Å². The van der Waals surface area contributed by atoms with E-state index in [0.29, 0.717) is 68.5 Å². The highest BCUT2D eigenvalue weighted by atomic mass is 79.9. The molecule has 11 aromatic rings. The average Bonchev–Trinajstić information content (AvgIpc) is 0.781. The zero-order valence-corrected chi connectivity index (χ0v) is 51.8. The molecule has 92 heavy (non-hydrogen) atoms. The molecule has 7 aromatic carbocycles. The molecule has 473 valence electrons. The molecule has 0 fully saturated rings. The fourth-order valence-corrected chi connectivity index (χ4v) is 10.8. The molecule has 0 unspecified atom stereocenters. The Hall–Kier alpha value is -9.66. The van der Waals surface area contributed by atoms with Crippen molar-refractivity contribution < 1.29 is 80.8 Å². The molecule has 0 aliphatic heterocycles. The van der Waals surface area contributed by atoms with Gasteiger partial charge in [-0.25, -0.2) is 70.2 Å². The number of sulfone groups is 1. The predicted octanol–water partition coefficient (Wildman–Crippen LogP) is 12.6. The van der Waals surface area contributed by atoms with E-state index in [0.717, 1.165) is 31.5 Å². The molecule has 0 spiro atoms. The van der Waals surface area contributed by atoms with Gasteiger partial charge in [0.15, 0.2) is 9.84 Å². The van der Waals surface area contributed by atoms with E-state index >= 15 is 4.39 Å². The van der Waals surface area contributed by atoms with Crippen molar-refractivity contribution in [2.45, 2.75) is 22.5 Å². The monoisotopic (exact) mass is 1410 g/mol. The maximum absolute atomic E-state index is 15.3. The summed E-state index contributed by atoms with van der Waals surface area (Å²) in [6.45, 7) is 1.08. The van der Waals surface area contributed by atoms with Gasteiger partial charge in [-0.15, -0.1) is 0 Å². The molecule has 11 rings (SSSR count). The summed E-state index contributed by atoms with van der Waals surface area (Å²) in [4.78, 5) is 40.3. The molecule has 0 aliphatic rings. The number of aliphatic carboxylic acids is 1. The lowest BCUT2D eigenvalue weighted by Gasteiger charge is -2.14. The second kappa shape index (κ2) is 31.4. The highest BCUT2D eigenvalue weighted by Gasteiger charge is 2.32. The molecular formula is C59H41BBrCl2F7N9O11S2. The first-order valence-corrected chi connectivity index (χ1v) is 30.1. The summed E-state index contributed by atoms with van der Waals surface area (Å²) in [6, 6.07) is 30.0. The Morgan fingerprint density at radius 2 is 1.08 bits per heavy atom. The second-order valence-electron chi connectivity index (χ2n) is 18.0. The maximum Gasteiger partial charge on any atom is 0.569 e. The first-order chi connectivity index (χ1) is 43.8. The number of rotatable bonds is 13. The third-order valence-corrected chi connectivity index (χ3v) is 15.8. The van der Waals surface area contributed by atoms with E-state index in [1.54, 1.807) is 85.2 Å². The zero-order valence-electron chi connectivity index (χ0n) is 47.1. The lowest BCUT2D eigenvalue weighted by molar-refractivity contribution is -0.134. The lowest BCUT2D eigenvalue weighted by Crippen LogP contribution is -2.14. The van der Waals surface area contributed by atoms with Crippen LogP contribution >= 0.6 is 39.1 Å². The first-order valence-electron chi connectivity index (χ1n) is 25.5. The summed E-state index contributed by atoms with van der Waals surface area (Å²) >= 11 is 14.7. The lowest BCUT2D eigenvalue weighted by atomic mass is 9.99. The van der Waals surface area contributed by atoms with Crippen molar-refractivity contribution in [3.8, 4) is 56.6 Å². The van der Waals surface area contributed by atoms with Gasteiger partial charge in [-0.3, -0.25) is 4.79 Å². The molecule has 33 heteroatoms. The van der Waals surface area contributed by atoms with Crippen LogP contribution in [0.1, 0.15) is 12.7 Å². The number of hydrogen-bond acceptors (Lipinski definition) is 19.